The number of hydrogen-bond acceptors (Lipinski definition) is 5. The lowest BCUT2D eigenvalue weighted by Crippen LogP contribution is -2.00. The molecule has 0 bridgehead atoms. The van der Waals surface area contributed by atoms with Gasteiger partial charge in [0.15, 0.2) is 5.82 Å². The van der Waals surface area contributed by atoms with Gasteiger partial charge in [-0.25, -0.2) is 0 Å². The van der Waals surface area contributed by atoms with Gasteiger partial charge in [-0.15, -0.1) is 10.2 Å². The second-order valence-electron chi connectivity index (χ2n) is 3.89. The third-order valence-electron chi connectivity index (χ3n) is 2.84. The zero-order valence-electron chi connectivity index (χ0n) is 10.1. The van der Waals surface area contributed by atoms with Gasteiger partial charge >= 0.3 is 0 Å². The first-order valence-electron chi connectivity index (χ1n) is 5.58. The molecule has 6 nitrogen and oxygen atoms in total. The van der Waals surface area contributed by atoms with Crippen molar-refractivity contribution in [3.8, 4) is 11.4 Å². The van der Waals surface area contributed by atoms with E-state index in [0.717, 1.165) is 22.4 Å². The summed E-state index contributed by atoms with van der Waals surface area (Å²) in [4.78, 5) is 8.66. The second kappa shape index (κ2) is 4.06. The van der Waals surface area contributed by atoms with Crippen molar-refractivity contribution < 1.29 is 0 Å². The lowest BCUT2D eigenvalue weighted by molar-refractivity contribution is 0.925. The fourth-order valence-corrected chi connectivity index (χ4v) is 1.95. The van der Waals surface area contributed by atoms with Crippen LogP contribution in [0.15, 0.2) is 30.6 Å². The maximum Gasteiger partial charge on any atom is 0.224 e. The minimum Gasteiger partial charge on any atom is -0.357 e. The highest BCUT2D eigenvalue weighted by molar-refractivity contribution is 5.89. The van der Waals surface area contributed by atoms with Gasteiger partial charge in [0.1, 0.15) is 0 Å². The standard InChI is InChI=1S/C12H12N6/c1-13-12-17-16-11(18(12)2)8-4-3-5-9-10(8)15-7-6-14-9/h3-7H,1-2H3,(H,13,17). The molecule has 1 aromatic carbocycles. The van der Waals surface area contributed by atoms with Crippen molar-refractivity contribution in [3.63, 3.8) is 0 Å². The van der Waals surface area contributed by atoms with Crippen LogP contribution in [0, 0.1) is 0 Å². The van der Waals surface area contributed by atoms with Gasteiger partial charge in [0.05, 0.1) is 11.0 Å². The molecule has 0 aliphatic rings. The molecule has 90 valence electrons. The molecule has 2 aromatic heterocycles. The van der Waals surface area contributed by atoms with Crippen LogP contribution < -0.4 is 5.32 Å². The van der Waals surface area contributed by atoms with E-state index in [2.05, 4.69) is 25.5 Å². The van der Waals surface area contributed by atoms with Gasteiger partial charge in [0.2, 0.25) is 5.95 Å². The summed E-state index contributed by atoms with van der Waals surface area (Å²) in [5.74, 6) is 1.48. The monoisotopic (exact) mass is 240 g/mol. The van der Waals surface area contributed by atoms with Gasteiger partial charge in [-0.05, 0) is 12.1 Å². The molecule has 3 rings (SSSR count). The van der Waals surface area contributed by atoms with Crippen molar-refractivity contribution in [2.75, 3.05) is 12.4 Å². The topological polar surface area (TPSA) is 68.5 Å². The Bertz CT molecular complexity index is 697. The normalized spacial score (nSPS) is 10.8. The van der Waals surface area contributed by atoms with Gasteiger partial charge in [-0.3, -0.25) is 14.5 Å². The third-order valence-corrected chi connectivity index (χ3v) is 2.84. The van der Waals surface area contributed by atoms with E-state index in [4.69, 9.17) is 0 Å². The molecule has 6 heteroatoms. The molecule has 0 aliphatic carbocycles. The van der Waals surface area contributed by atoms with E-state index < -0.39 is 0 Å². The first kappa shape index (κ1) is 10.6. The molecule has 0 radical (unpaired) electrons. The van der Waals surface area contributed by atoms with Crippen LogP contribution in [0.2, 0.25) is 0 Å². The number of para-hydroxylation sites is 1. The SMILES string of the molecule is CNc1nnc(-c2cccc3nccnc23)n1C. The molecule has 1 N–H and O–H groups in total. The number of rotatable bonds is 2. The molecular weight excluding hydrogens is 228 g/mol. The Morgan fingerprint density at radius 3 is 2.72 bits per heavy atom. The van der Waals surface area contributed by atoms with Crippen LogP contribution in [0.5, 0.6) is 0 Å². The minimum absolute atomic E-state index is 0.714. The van der Waals surface area contributed by atoms with E-state index >= 15 is 0 Å². The van der Waals surface area contributed by atoms with E-state index in [9.17, 15) is 0 Å². The molecule has 0 aliphatic heterocycles. The molecule has 0 saturated carbocycles. The summed E-state index contributed by atoms with van der Waals surface area (Å²) in [5.41, 5.74) is 2.61. The first-order valence-corrected chi connectivity index (χ1v) is 5.58. The number of hydrogen-bond donors (Lipinski definition) is 1. The molecule has 3 aromatic rings. The van der Waals surface area contributed by atoms with E-state index in [0.29, 0.717) is 5.95 Å². The zero-order valence-corrected chi connectivity index (χ0v) is 10.1. The quantitative estimate of drug-likeness (QED) is 0.734. The number of nitrogens with zero attached hydrogens (tertiary/aromatic N) is 5. The van der Waals surface area contributed by atoms with Gasteiger partial charge < -0.3 is 5.32 Å². The Morgan fingerprint density at radius 2 is 1.94 bits per heavy atom. The molecular formula is C12H12N6. The zero-order chi connectivity index (χ0) is 12.5. The Labute approximate surface area is 104 Å². The van der Waals surface area contributed by atoms with Crippen molar-refractivity contribution in [2.24, 2.45) is 7.05 Å². The summed E-state index contributed by atoms with van der Waals surface area (Å²) in [6.45, 7) is 0. The number of fused-ring (bicyclic) bond motifs is 1. The summed E-state index contributed by atoms with van der Waals surface area (Å²) < 4.78 is 1.89. The predicted molar refractivity (Wildman–Crippen MR) is 69.1 cm³/mol. The highest BCUT2D eigenvalue weighted by Crippen LogP contribution is 2.25. The van der Waals surface area contributed by atoms with Crippen LogP contribution in [-0.4, -0.2) is 31.8 Å². The fourth-order valence-electron chi connectivity index (χ4n) is 1.95. The van der Waals surface area contributed by atoms with Crippen LogP contribution in [0.4, 0.5) is 5.95 Å². The number of benzene rings is 1. The van der Waals surface area contributed by atoms with Gasteiger partial charge in [0, 0.05) is 32.1 Å². The van der Waals surface area contributed by atoms with Gasteiger partial charge in [-0.2, -0.15) is 0 Å². The van der Waals surface area contributed by atoms with Crippen LogP contribution in [0.1, 0.15) is 0 Å². The van der Waals surface area contributed by atoms with Crippen molar-refractivity contribution in [2.45, 2.75) is 0 Å². The summed E-state index contributed by atoms with van der Waals surface area (Å²) in [7, 11) is 3.73. The maximum atomic E-state index is 4.37. The van der Waals surface area contributed by atoms with Crippen LogP contribution in [0.25, 0.3) is 22.4 Å². The van der Waals surface area contributed by atoms with Gasteiger partial charge in [0.25, 0.3) is 0 Å². The predicted octanol–water partition coefficient (Wildman–Crippen LogP) is 1.47. The van der Waals surface area contributed by atoms with E-state index in [1.165, 1.54) is 0 Å². The third kappa shape index (κ3) is 1.50. The summed E-state index contributed by atoms with van der Waals surface area (Å²) >= 11 is 0. The van der Waals surface area contributed by atoms with Crippen LogP contribution in [-0.2, 0) is 7.05 Å². The molecule has 0 fully saturated rings. The molecule has 0 unspecified atom stereocenters. The van der Waals surface area contributed by atoms with E-state index in [1.54, 1.807) is 12.4 Å². The Hall–Kier alpha value is -2.50. The van der Waals surface area contributed by atoms with Crippen molar-refractivity contribution in [3.05, 3.63) is 30.6 Å². The van der Waals surface area contributed by atoms with Crippen molar-refractivity contribution in [1.29, 1.82) is 0 Å². The molecule has 0 spiro atoms. The first-order chi connectivity index (χ1) is 8.81. The smallest absolute Gasteiger partial charge is 0.224 e. The molecule has 2 heterocycles. The highest BCUT2D eigenvalue weighted by atomic mass is 15.3. The van der Waals surface area contributed by atoms with Gasteiger partial charge in [-0.1, -0.05) is 6.07 Å². The Morgan fingerprint density at radius 1 is 1.11 bits per heavy atom. The summed E-state index contributed by atoms with van der Waals surface area (Å²) in [5, 5.41) is 11.2. The molecule has 0 atom stereocenters. The second-order valence-corrected chi connectivity index (χ2v) is 3.89. The van der Waals surface area contributed by atoms with E-state index in [-0.39, 0.29) is 0 Å². The molecule has 0 saturated heterocycles. The number of aromatic nitrogens is 5. The Kier molecular flexibility index (Phi) is 2.40. The lowest BCUT2D eigenvalue weighted by Gasteiger charge is -2.05. The van der Waals surface area contributed by atoms with Crippen LogP contribution in [0.3, 0.4) is 0 Å². The molecule has 18 heavy (non-hydrogen) atoms. The maximum absolute atomic E-state index is 4.37. The van der Waals surface area contributed by atoms with E-state index in [1.807, 2.05) is 36.9 Å². The largest absolute Gasteiger partial charge is 0.357 e. The fraction of sp³-hybridized carbons (Fsp3) is 0.167. The van der Waals surface area contributed by atoms with Crippen LogP contribution >= 0.6 is 0 Å². The lowest BCUT2D eigenvalue weighted by atomic mass is 10.1. The minimum atomic E-state index is 0.714. The molecule has 0 amide bonds. The summed E-state index contributed by atoms with van der Waals surface area (Å²) in [6.07, 6.45) is 3.36. The number of nitrogens with one attached hydrogen (secondary N) is 1. The van der Waals surface area contributed by atoms with Crippen molar-refractivity contribution >= 4 is 17.0 Å². The average Bonchev–Trinajstić information content (AvgIpc) is 2.79. The summed E-state index contributed by atoms with van der Waals surface area (Å²) in [6, 6.07) is 5.85. The Balaban J connectivity index is 2.28. The van der Waals surface area contributed by atoms with Crippen molar-refractivity contribution in [1.82, 2.24) is 24.7 Å². The highest BCUT2D eigenvalue weighted by Gasteiger charge is 2.13. The number of anilines is 1. The average molecular weight is 240 g/mol.